The number of nitrogens with zero attached hydrogens (tertiary/aromatic N) is 6. The number of halogens is 1. The van der Waals surface area contributed by atoms with Crippen molar-refractivity contribution in [2.45, 2.75) is 57.9 Å². The molecule has 3 aromatic heterocycles. The molecule has 1 fully saturated rings. The van der Waals surface area contributed by atoms with Crippen LogP contribution in [-0.2, 0) is 6.42 Å². The number of hydrogen-bond donors (Lipinski definition) is 1. The number of amides is 1. The van der Waals surface area contributed by atoms with Crippen LogP contribution in [0.5, 0.6) is 0 Å². The number of carbonyl (C=O) groups excluding carboxylic acids is 1. The molecule has 178 valence electrons. The van der Waals surface area contributed by atoms with Crippen molar-refractivity contribution in [1.29, 1.82) is 0 Å². The molecule has 0 saturated heterocycles. The van der Waals surface area contributed by atoms with Crippen LogP contribution < -0.4 is 5.32 Å². The molecule has 1 aliphatic carbocycles. The van der Waals surface area contributed by atoms with Crippen LogP contribution in [0.25, 0.3) is 17.2 Å². The van der Waals surface area contributed by atoms with Crippen molar-refractivity contribution in [3.05, 3.63) is 71.3 Å². The lowest BCUT2D eigenvalue weighted by atomic mass is 10.1. The van der Waals surface area contributed by atoms with E-state index < -0.39 is 11.7 Å². The average Bonchev–Trinajstić information content (AvgIpc) is 3.25. The smallest absolute Gasteiger partial charge is 0.259 e. The van der Waals surface area contributed by atoms with Crippen LogP contribution in [0, 0.1) is 12.7 Å². The van der Waals surface area contributed by atoms with Crippen LogP contribution >= 0.6 is 0 Å². The van der Waals surface area contributed by atoms with Crippen molar-refractivity contribution in [2.24, 2.45) is 0 Å². The van der Waals surface area contributed by atoms with Gasteiger partial charge < -0.3 is 14.5 Å². The molecule has 1 N–H and O–H groups in total. The maximum Gasteiger partial charge on any atom is 0.259 e. The number of benzene rings is 1. The lowest BCUT2D eigenvalue weighted by Gasteiger charge is -2.13. The first-order valence-corrected chi connectivity index (χ1v) is 12.1. The van der Waals surface area contributed by atoms with Crippen LogP contribution in [0.2, 0.25) is 0 Å². The van der Waals surface area contributed by atoms with E-state index >= 15 is 0 Å². The first kappa shape index (κ1) is 21.6. The first-order valence-electron chi connectivity index (χ1n) is 12.1. The Morgan fingerprint density at radius 3 is 2.86 bits per heavy atom. The number of fused-ring (bicyclic) bond motifs is 1. The summed E-state index contributed by atoms with van der Waals surface area (Å²) in [5.74, 6) is 1.35. The molecule has 0 radical (unpaired) electrons. The number of anilines is 1. The van der Waals surface area contributed by atoms with Gasteiger partial charge >= 0.3 is 0 Å². The number of rotatable bonds is 6. The van der Waals surface area contributed by atoms with Gasteiger partial charge in [-0.1, -0.05) is 13.0 Å². The van der Waals surface area contributed by atoms with Crippen molar-refractivity contribution in [1.82, 2.24) is 29.3 Å². The molecule has 0 bridgehead atoms. The number of nitrogens with one attached hydrogen (secondary N) is 1. The summed E-state index contributed by atoms with van der Waals surface area (Å²) in [7, 11) is 0. The minimum absolute atomic E-state index is 0.0473. The molecular weight excluding hydrogens is 445 g/mol. The van der Waals surface area contributed by atoms with Crippen LogP contribution in [0.1, 0.15) is 72.0 Å². The van der Waals surface area contributed by atoms with E-state index in [0.717, 1.165) is 54.9 Å². The quantitative estimate of drug-likeness (QED) is 0.427. The summed E-state index contributed by atoms with van der Waals surface area (Å²) >= 11 is 0. The zero-order chi connectivity index (χ0) is 24.1. The predicted molar refractivity (Wildman–Crippen MR) is 129 cm³/mol. The van der Waals surface area contributed by atoms with Crippen LogP contribution in [0.4, 0.5) is 10.2 Å². The maximum absolute atomic E-state index is 14.8. The summed E-state index contributed by atoms with van der Waals surface area (Å²) < 4.78 is 18.8. The molecule has 6 rings (SSSR count). The Kier molecular flexibility index (Phi) is 5.20. The van der Waals surface area contributed by atoms with E-state index in [2.05, 4.69) is 37.0 Å². The summed E-state index contributed by atoms with van der Waals surface area (Å²) in [5, 5.41) is 11.4. The Bertz CT molecular complexity index is 1440. The number of aryl methyl sites for hydroxylation is 2. The molecule has 4 aromatic rings. The second kappa shape index (κ2) is 8.41. The number of aromatic nitrogens is 6. The van der Waals surface area contributed by atoms with Gasteiger partial charge in [-0.2, -0.15) is 0 Å². The molecule has 1 atom stereocenters. The van der Waals surface area contributed by atoms with E-state index in [1.54, 1.807) is 24.5 Å². The highest BCUT2D eigenvalue weighted by Gasteiger charge is 2.28. The summed E-state index contributed by atoms with van der Waals surface area (Å²) in [6.07, 6.45) is 8.91. The normalized spacial score (nSPS) is 16.9. The minimum Gasteiger partial charge on any atom is -0.307 e. The van der Waals surface area contributed by atoms with Gasteiger partial charge in [-0.25, -0.2) is 14.4 Å². The monoisotopic (exact) mass is 471 g/mol. The fourth-order valence-electron chi connectivity index (χ4n) is 4.85. The Morgan fingerprint density at radius 1 is 1.20 bits per heavy atom. The topological polar surface area (TPSA) is 90.5 Å². The van der Waals surface area contributed by atoms with Gasteiger partial charge in [0.05, 0.1) is 23.3 Å². The summed E-state index contributed by atoms with van der Waals surface area (Å²) in [6, 6.07) is 8.63. The molecule has 1 saturated carbocycles. The third-order valence-electron chi connectivity index (χ3n) is 6.93. The second-order valence-corrected chi connectivity index (χ2v) is 9.37. The van der Waals surface area contributed by atoms with E-state index in [1.807, 2.05) is 23.8 Å². The molecule has 1 amide bonds. The standard InChI is InChI=1S/C26H26FN7O/c1-3-17-9-10-24-31-32-25(34(17)24)20-5-4-6-23(29-20)30-26(35)18-12-22(15(2)11-19(18)27)33-13-21(28-14-33)16-7-8-16/h4-6,11-14,16-17H,3,7-10H2,1-2H3,(H,29,30,35)/t17-/m0/s1. The van der Waals surface area contributed by atoms with Gasteiger partial charge in [0.25, 0.3) is 5.91 Å². The maximum atomic E-state index is 14.8. The largest absolute Gasteiger partial charge is 0.307 e. The van der Waals surface area contributed by atoms with E-state index in [9.17, 15) is 9.18 Å². The fourth-order valence-corrected chi connectivity index (χ4v) is 4.85. The summed E-state index contributed by atoms with van der Waals surface area (Å²) in [6.45, 7) is 3.97. The second-order valence-electron chi connectivity index (χ2n) is 9.37. The molecule has 1 aromatic carbocycles. The Balaban J connectivity index is 1.28. The van der Waals surface area contributed by atoms with Crippen molar-refractivity contribution in [3.8, 4) is 17.2 Å². The van der Waals surface area contributed by atoms with Crippen molar-refractivity contribution in [3.63, 3.8) is 0 Å². The molecule has 8 nitrogen and oxygen atoms in total. The van der Waals surface area contributed by atoms with Crippen LogP contribution in [-0.4, -0.2) is 35.2 Å². The average molecular weight is 472 g/mol. The van der Waals surface area contributed by atoms with Gasteiger partial charge in [0.1, 0.15) is 23.2 Å². The van der Waals surface area contributed by atoms with E-state index in [0.29, 0.717) is 29.3 Å². The number of pyridine rings is 1. The van der Waals surface area contributed by atoms with Crippen molar-refractivity contribution in [2.75, 3.05) is 5.32 Å². The van der Waals surface area contributed by atoms with E-state index in [4.69, 9.17) is 0 Å². The third-order valence-corrected chi connectivity index (χ3v) is 6.93. The van der Waals surface area contributed by atoms with Gasteiger partial charge in [-0.15, -0.1) is 10.2 Å². The van der Waals surface area contributed by atoms with Crippen molar-refractivity contribution < 1.29 is 9.18 Å². The van der Waals surface area contributed by atoms with Gasteiger partial charge in [0.2, 0.25) is 0 Å². The molecule has 1 aliphatic heterocycles. The molecule has 35 heavy (non-hydrogen) atoms. The fraction of sp³-hybridized carbons (Fsp3) is 0.346. The Hall–Kier alpha value is -3.88. The van der Waals surface area contributed by atoms with Gasteiger partial charge in [-0.3, -0.25) is 4.79 Å². The minimum atomic E-state index is -0.580. The van der Waals surface area contributed by atoms with Crippen LogP contribution in [0.15, 0.2) is 42.9 Å². The highest BCUT2D eigenvalue weighted by atomic mass is 19.1. The molecule has 0 unspecified atom stereocenters. The summed E-state index contributed by atoms with van der Waals surface area (Å²) in [4.78, 5) is 22.2. The van der Waals surface area contributed by atoms with Gasteiger partial charge in [0, 0.05) is 24.6 Å². The molecule has 2 aliphatic rings. The third kappa shape index (κ3) is 3.90. The lowest BCUT2D eigenvalue weighted by molar-refractivity contribution is 0.102. The highest BCUT2D eigenvalue weighted by molar-refractivity contribution is 6.04. The zero-order valence-corrected chi connectivity index (χ0v) is 19.7. The molecule has 4 heterocycles. The molecule has 9 heteroatoms. The van der Waals surface area contributed by atoms with E-state index in [1.165, 1.54) is 6.07 Å². The Morgan fingerprint density at radius 2 is 2.06 bits per heavy atom. The number of hydrogen-bond acceptors (Lipinski definition) is 5. The molecule has 0 spiro atoms. The lowest BCUT2D eigenvalue weighted by Crippen LogP contribution is -2.16. The number of imidazole rings is 1. The Labute approximate surface area is 202 Å². The molecular formula is C26H26FN7O. The first-order chi connectivity index (χ1) is 17.0. The van der Waals surface area contributed by atoms with Gasteiger partial charge in [-0.05, 0) is 62.4 Å². The van der Waals surface area contributed by atoms with E-state index in [-0.39, 0.29) is 5.56 Å². The van der Waals surface area contributed by atoms with Crippen molar-refractivity contribution >= 4 is 11.7 Å². The predicted octanol–water partition coefficient (Wildman–Crippen LogP) is 5.00. The SMILES string of the molecule is CC[C@H]1CCc2nnc(-c3cccc(NC(=O)c4cc(-n5cnc(C6CC6)c5)c(C)cc4F)n3)n21. The highest BCUT2D eigenvalue weighted by Crippen LogP contribution is 2.39. The number of carbonyl (C=O) groups is 1. The summed E-state index contributed by atoms with van der Waals surface area (Å²) in [5.41, 5.74) is 3.06. The van der Waals surface area contributed by atoms with Crippen LogP contribution in [0.3, 0.4) is 0 Å². The van der Waals surface area contributed by atoms with Gasteiger partial charge in [0.15, 0.2) is 5.82 Å². The zero-order valence-electron chi connectivity index (χ0n) is 19.7.